The van der Waals surface area contributed by atoms with Gasteiger partial charge in [0.1, 0.15) is 0 Å². The first-order valence-electron chi connectivity index (χ1n) is 6.89. The standard InChI is InChI=1S/C14H18F4N2O.2ClH/c1-2-11(20-7-5-19-6-8-20)12-9(14(16,17)18)3-4-10(15)13(12)21;;/h3-4,11,19,21H,2,5-8H2,1H3;2*1H/t11-;;/m0../s1. The Morgan fingerprint density at radius 2 is 1.78 bits per heavy atom. The molecule has 0 radical (unpaired) electrons. The van der Waals surface area contributed by atoms with E-state index in [1.165, 1.54) is 0 Å². The number of piperazine rings is 1. The average Bonchev–Trinajstić information content (AvgIpc) is 2.44. The van der Waals surface area contributed by atoms with Gasteiger partial charge in [0.15, 0.2) is 11.6 Å². The Balaban J connectivity index is 0.00000242. The number of hydrogen-bond acceptors (Lipinski definition) is 3. The highest BCUT2D eigenvalue weighted by Gasteiger charge is 2.38. The minimum Gasteiger partial charge on any atom is -0.505 e. The van der Waals surface area contributed by atoms with Gasteiger partial charge in [-0.2, -0.15) is 13.2 Å². The topological polar surface area (TPSA) is 35.5 Å². The van der Waals surface area contributed by atoms with Gasteiger partial charge in [0.2, 0.25) is 0 Å². The molecule has 0 spiro atoms. The van der Waals surface area contributed by atoms with Crippen molar-refractivity contribution in [3.8, 4) is 5.75 Å². The van der Waals surface area contributed by atoms with Gasteiger partial charge < -0.3 is 10.4 Å². The molecule has 9 heteroatoms. The van der Waals surface area contributed by atoms with Crippen molar-refractivity contribution >= 4 is 24.8 Å². The Kier molecular flexibility index (Phi) is 8.62. The predicted octanol–water partition coefficient (Wildman–Crippen LogP) is 3.75. The SMILES string of the molecule is CC[C@@H](c1c(C(F)(F)F)ccc(F)c1O)N1CCNCC1.Cl.Cl. The highest BCUT2D eigenvalue weighted by Crippen LogP contribution is 2.42. The molecule has 1 saturated heterocycles. The summed E-state index contributed by atoms with van der Waals surface area (Å²) in [6.45, 7) is 4.18. The molecule has 1 aliphatic rings. The van der Waals surface area contributed by atoms with Crippen LogP contribution in [-0.2, 0) is 6.18 Å². The molecule has 134 valence electrons. The van der Waals surface area contributed by atoms with Crippen LogP contribution in [0.3, 0.4) is 0 Å². The minimum absolute atomic E-state index is 0. The number of aromatic hydroxyl groups is 1. The van der Waals surface area contributed by atoms with E-state index in [4.69, 9.17) is 0 Å². The van der Waals surface area contributed by atoms with Crippen LogP contribution in [0.25, 0.3) is 0 Å². The highest BCUT2D eigenvalue weighted by atomic mass is 35.5. The molecular formula is C14H20Cl2F4N2O. The van der Waals surface area contributed by atoms with Crippen molar-refractivity contribution in [3.05, 3.63) is 29.1 Å². The van der Waals surface area contributed by atoms with E-state index in [2.05, 4.69) is 5.32 Å². The van der Waals surface area contributed by atoms with Crippen LogP contribution < -0.4 is 5.32 Å². The van der Waals surface area contributed by atoms with Gasteiger partial charge in [-0.3, -0.25) is 4.90 Å². The Morgan fingerprint density at radius 3 is 2.26 bits per heavy atom. The molecule has 0 aromatic heterocycles. The zero-order valence-corrected chi connectivity index (χ0v) is 14.1. The van der Waals surface area contributed by atoms with E-state index in [9.17, 15) is 22.7 Å². The third-order valence-electron chi connectivity index (χ3n) is 3.79. The number of nitrogens with one attached hydrogen (secondary N) is 1. The summed E-state index contributed by atoms with van der Waals surface area (Å²) in [7, 11) is 0. The first kappa shape index (κ1) is 22.2. The van der Waals surface area contributed by atoms with Crippen molar-refractivity contribution < 1.29 is 22.7 Å². The summed E-state index contributed by atoms with van der Waals surface area (Å²) in [6, 6.07) is 0.709. The quantitative estimate of drug-likeness (QED) is 0.786. The molecule has 2 N–H and O–H groups in total. The second kappa shape index (κ2) is 8.92. The van der Waals surface area contributed by atoms with Gasteiger partial charge in [-0.15, -0.1) is 24.8 Å². The van der Waals surface area contributed by atoms with Gasteiger partial charge in [0.05, 0.1) is 5.56 Å². The van der Waals surface area contributed by atoms with E-state index < -0.39 is 29.3 Å². The number of alkyl halides is 3. The van der Waals surface area contributed by atoms with Crippen molar-refractivity contribution in [1.29, 1.82) is 0 Å². The van der Waals surface area contributed by atoms with Crippen LogP contribution in [0.1, 0.15) is 30.5 Å². The van der Waals surface area contributed by atoms with E-state index in [0.717, 1.165) is 0 Å². The van der Waals surface area contributed by atoms with Crippen molar-refractivity contribution in [2.75, 3.05) is 26.2 Å². The molecule has 1 aliphatic heterocycles. The summed E-state index contributed by atoms with van der Waals surface area (Å²) >= 11 is 0. The maximum Gasteiger partial charge on any atom is 0.416 e. The summed E-state index contributed by atoms with van der Waals surface area (Å²) in [5.41, 5.74) is -1.32. The summed E-state index contributed by atoms with van der Waals surface area (Å²) in [4.78, 5) is 1.85. The van der Waals surface area contributed by atoms with Crippen LogP contribution in [0.4, 0.5) is 17.6 Å². The summed E-state index contributed by atoms with van der Waals surface area (Å²) in [5.74, 6) is -1.92. The van der Waals surface area contributed by atoms with Crippen LogP contribution in [0.2, 0.25) is 0 Å². The molecule has 0 unspecified atom stereocenters. The lowest BCUT2D eigenvalue weighted by atomic mass is 9.94. The molecule has 0 aliphatic carbocycles. The lowest BCUT2D eigenvalue weighted by Crippen LogP contribution is -2.45. The zero-order chi connectivity index (χ0) is 15.6. The molecule has 1 heterocycles. The van der Waals surface area contributed by atoms with Gasteiger partial charge >= 0.3 is 6.18 Å². The molecule has 23 heavy (non-hydrogen) atoms. The lowest BCUT2D eigenvalue weighted by Gasteiger charge is -2.36. The summed E-state index contributed by atoms with van der Waals surface area (Å²) in [5, 5.41) is 13.0. The summed E-state index contributed by atoms with van der Waals surface area (Å²) < 4.78 is 53.0. The molecular weight excluding hydrogens is 359 g/mol. The fraction of sp³-hybridized carbons (Fsp3) is 0.571. The molecule has 0 amide bonds. The second-order valence-electron chi connectivity index (χ2n) is 5.07. The third kappa shape index (κ3) is 4.86. The van der Waals surface area contributed by atoms with Crippen LogP contribution in [0.15, 0.2) is 12.1 Å². The molecule has 2 rings (SSSR count). The molecule has 3 nitrogen and oxygen atoms in total. The van der Waals surface area contributed by atoms with Crippen LogP contribution in [0.5, 0.6) is 5.75 Å². The Labute approximate surface area is 144 Å². The van der Waals surface area contributed by atoms with Crippen molar-refractivity contribution in [3.63, 3.8) is 0 Å². The number of nitrogens with zero attached hydrogens (tertiary/aromatic N) is 1. The zero-order valence-electron chi connectivity index (χ0n) is 12.5. The number of rotatable bonds is 3. The maximum absolute atomic E-state index is 13.6. The average molecular weight is 379 g/mol. The number of benzene rings is 1. The first-order valence-corrected chi connectivity index (χ1v) is 6.89. The van der Waals surface area contributed by atoms with Crippen molar-refractivity contribution in [1.82, 2.24) is 10.2 Å². The molecule has 1 aromatic carbocycles. The number of halogens is 6. The normalized spacial score (nSPS) is 17.1. The van der Waals surface area contributed by atoms with Crippen molar-refractivity contribution in [2.24, 2.45) is 0 Å². The Bertz CT molecular complexity index is 508. The highest BCUT2D eigenvalue weighted by molar-refractivity contribution is 5.85. The van der Waals surface area contributed by atoms with Gasteiger partial charge in [-0.05, 0) is 18.6 Å². The first-order chi connectivity index (χ1) is 9.86. The molecule has 1 atom stereocenters. The molecule has 1 fully saturated rings. The molecule has 0 saturated carbocycles. The summed E-state index contributed by atoms with van der Waals surface area (Å²) in [6.07, 6.45) is -4.26. The van der Waals surface area contributed by atoms with Gasteiger partial charge in [-0.25, -0.2) is 4.39 Å². The number of hydrogen-bond donors (Lipinski definition) is 2. The van der Waals surface area contributed by atoms with Crippen LogP contribution >= 0.6 is 24.8 Å². The van der Waals surface area contributed by atoms with Crippen LogP contribution in [-0.4, -0.2) is 36.2 Å². The number of phenols is 1. The number of phenolic OH excluding ortho intramolecular Hbond substituents is 1. The molecule has 1 aromatic rings. The Hall–Kier alpha value is -0.760. The van der Waals surface area contributed by atoms with E-state index in [0.29, 0.717) is 44.7 Å². The minimum atomic E-state index is -4.62. The smallest absolute Gasteiger partial charge is 0.416 e. The van der Waals surface area contributed by atoms with E-state index in [1.807, 2.05) is 4.90 Å². The van der Waals surface area contributed by atoms with E-state index >= 15 is 0 Å². The molecule has 0 bridgehead atoms. The fourth-order valence-electron chi connectivity index (χ4n) is 2.80. The van der Waals surface area contributed by atoms with Gasteiger partial charge in [-0.1, -0.05) is 6.92 Å². The van der Waals surface area contributed by atoms with Gasteiger partial charge in [0.25, 0.3) is 0 Å². The fourth-order valence-corrected chi connectivity index (χ4v) is 2.80. The second-order valence-corrected chi connectivity index (χ2v) is 5.07. The monoisotopic (exact) mass is 378 g/mol. The van der Waals surface area contributed by atoms with E-state index in [1.54, 1.807) is 6.92 Å². The third-order valence-corrected chi connectivity index (χ3v) is 3.79. The largest absolute Gasteiger partial charge is 0.505 e. The predicted molar refractivity (Wildman–Crippen MR) is 85.0 cm³/mol. The van der Waals surface area contributed by atoms with Crippen LogP contribution in [0, 0.1) is 5.82 Å². The lowest BCUT2D eigenvalue weighted by molar-refractivity contribution is -0.139. The van der Waals surface area contributed by atoms with Crippen molar-refractivity contribution in [2.45, 2.75) is 25.6 Å². The van der Waals surface area contributed by atoms with E-state index in [-0.39, 0.29) is 30.4 Å². The Morgan fingerprint density at radius 1 is 1.22 bits per heavy atom. The van der Waals surface area contributed by atoms with Gasteiger partial charge in [0, 0.05) is 37.8 Å². The maximum atomic E-state index is 13.6.